The third kappa shape index (κ3) is 3.95. The average Bonchev–Trinajstić information content (AvgIpc) is 3.05. The highest BCUT2D eigenvalue weighted by Crippen LogP contribution is 2.35. The molecule has 3 N–H and O–H groups in total. The normalized spacial score (nSPS) is 15.7. The number of halogens is 4. The van der Waals surface area contributed by atoms with Gasteiger partial charge in [0, 0.05) is 23.3 Å². The number of aromatic nitrogens is 5. The van der Waals surface area contributed by atoms with Crippen molar-refractivity contribution in [1.82, 2.24) is 30.2 Å². The zero-order chi connectivity index (χ0) is 20.6. The molecule has 152 valence electrons. The Morgan fingerprint density at radius 1 is 1.28 bits per heavy atom. The van der Waals surface area contributed by atoms with Crippen molar-refractivity contribution in [3.05, 3.63) is 29.8 Å². The fourth-order valence-corrected chi connectivity index (χ4v) is 3.31. The number of H-pyrrole nitrogens is 1. The molecule has 0 unspecified atom stereocenters. The van der Waals surface area contributed by atoms with Gasteiger partial charge in [-0.2, -0.15) is 18.2 Å². The van der Waals surface area contributed by atoms with E-state index < -0.39 is 24.2 Å². The molecule has 12 heteroatoms. The minimum atomic E-state index is -4.48. The number of fused-ring (bicyclic) bond motifs is 1. The van der Waals surface area contributed by atoms with Crippen LogP contribution in [0, 0.1) is 0 Å². The summed E-state index contributed by atoms with van der Waals surface area (Å²) in [4.78, 5) is 32.0. The number of amides is 1. The second-order valence-corrected chi connectivity index (χ2v) is 7.18. The standard InChI is InChI=1S/C17H15ClF3N7O/c18-9-4-10-11(6-23-12(10)22-5-9)13-25-8-26-15(27-13)28-16(2-1-3-16)14(29)24-7-17(19,20)21/h4-6,8H,1-3,7H2,(H,22,23)(H,24,29)(H,25,26,27,28). The van der Waals surface area contributed by atoms with E-state index >= 15 is 0 Å². The fourth-order valence-electron chi connectivity index (χ4n) is 3.15. The smallest absolute Gasteiger partial charge is 0.345 e. The van der Waals surface area contributed by atoms with Crippen LogP contribution in [0.4, 0.5) is 19.1 Å². The molecule has 3 heterocycles. The second kappa shape index (κ2) is 7.14. The first-order chi connectivity index (χ1) is 13.8. The number of pyridine rings is 1. The molecular weight excluding hydrogens is 411 g/mol. The number of anilines is 1. The summed E-state index contributed by atoms with van der Waals surface area (Å²) in [5, 5.41) is 5.98. The van der Waals surface area contributed by atoms with E-state index in [0.717, 1.165) is 0 Å². The van der Waals surface area contributed by atoms with Gasteiger partial charge in [0.25, 0.3) is 0 Å². The number of alkyl halides is 3. The molecule has 0 aliphatic heterocycles. The maximum absolute atomic E-state index is 12.4. The first-order valence-electron chi connectivity index (χ1n) is 8.71. The van der Waals surface area contributed by atoms with E-state index in [2.05, 4.69) is 30.2 Å². The maximum Gasteiger partial charge on any atom is 0.405 e. The molecule has 1 saturated carbocycles. The fraction of sp³-hybridized carbons (Fsp3) is 0.353. The van der Waals surface area contributed by atoms with E-state index in [1.54, 1.807) is 12.3 Å². The molecule has 1 aliphatic carbocycles. The van der Waals surface area contributed by atoms with E-state index in [4.69, 9.17) is 11.6 Å². The summed E-state index contributed by atoms with van der Waals surface area (Å²) >= 11 is 6.01. The van der Waals surface area contributed by atoms with E-state index in [-0.39, 0.29) is 5.95 Å². The Bertz CT molecular complexity index is 1060. The Kier molecular flexibility index (Phi) is 4.77. The Morgan fingerprint density at radius 2 is 2.07 bits per heavy atom. The monoisotopic (exact) mass is 425 g/mol. The van der Waals surface area contributed by atoms with Crippen molar-refractivity contribution in [2.45, 2.75) is 31.0 Å². The lowest BCUT2D eigenvalue weighted by Gasteiger charge is -2.40. The minimum absolute atomic E-state index is 0.0983. The minimum Gasteiger partial charge on any atom is -0.345 e. The Labute approximate surface area is 167 Å². The van der Waals surface area contributed by atoms with Crippen molar-refractivity contribution in [1.29, 1.82) is 0 Å². The van der Waals surface area contributed by atoms with Crippen LogP contribution in [0.1, 0.15) is 19.3 Å². The van der Waals surface area contributed by atoms with Crippen LogP contribution in [0.5, 0.6) is 0 Å². The summed E-state index contributed by atoms with van der Waals surface area (Å²) in [5.41, 5.74) is 0.0561. The van der Waals surface area contributed by atoms with Crippen molar-refractivity contribution >= 4 is 34.5 Å². The number of rotatable bonds is 5. The lowest BCUT2D eigenvalue weighted by atomic mass is 9.76. The summed E-state index contributed by atoms with van der Waals surface area (Å²) in [6.07, 6.45) is 1.42. The van der Waals surface area contributed by atoms with Gasteiger partial charge in [-0.25, -0.2) is 15.0 Å². The van der Waals surface area contributed by atoms with E-state index in [1.165, 1.54) is 12.5 Å². The molecule has 0 radical (unpaired) electrons. The largest absolute Gasteiger partial charge is 0.405 e. The number of carbonyl (C=O) groups is 1. The number of hydrogen-bond donors (Lipinski definition) is 3. The molecule has 0 atom stereocenters. The lowest BCUT2D eigenvalue weighted by Crippen LogP contribution is -2.58. The van der Waals surface area contributed by atoms with Crippen molar-refractivity contribution in [3.63, 3.8) is 0 Å². The summed E-state index contributed by atoms with van der Waals surface area (Å²) in [6.45, 7) is -1.39. The van der Waals surface area contributed by atoms with Gasteiger partial charge in [-0.15, -0.1) is 0 Å². The molecule has 0 aromatic carbocycles. The van der Waals surface area contributed by atoms with Gasteiger partial charge in [0.15, 0.2) is 5.82 Å². The highest BCUT2D eigenvalue weighted by atomic mass is 35.5. The van der Waals surface area contributed by atoms with E-state index in [9.17, 15) is 18.0 Å². The van der Waals surface area contributed by atoms with Gasteiger partial charge in [-0.3, -0.25) is 4.79 Å². The van der Waals surface area contributed by atoms with Crippen LogP contribution in [0.15, 0.2) is 24.8 Å². The first kappa shape index (κ1) is 19.4. The van der Waals surface area contributed by atoms with Crippen LogP contribution in [0.25, 0.3) is 22.4 Å². The number of nitrogens with one attached hydrogen (secondary N) is 3. The number of aromatic amines is 1. The predicted octanol–water partition coefficient (Wildman–Crippen LogP) is 3.08. The summed E-state index contributed by atoms with van der Waals surface area (Å²) in [6, 6.07) is 1.71. The van der Waals surface area contributed by atoms with Gasteiger partial charge in [0.05, 0.1) is 5.02 Å². The van der Waals surface area contributed by atoms with Crippen molar-refractivity contribution in [3.8, 4) is 11.4 Å². The molecule has 29 heavy (non-hydrogen) atoms. The topological polar surface area (TPSA) is 108 Å². The van der Waals surface area contributed by atoms with Crippen molar-refractivity contribution < 1.29 is 18.0 Å². The van der Waals surface area contributed by atoms with Crippen LogP contribution in [-0.2, 0) is 4.79 Å². The SMILES string of the molecule is O=C(NCC(F)(F)F)C1(Nc2ncnc(-c3c[nH]c4ncc(Cl)cc34)n2)CCC1. The maximum atomic E-state index is 12.4. The molecule has 0 saturated heterocycles. The van der Waals surface area contributed by atoms with Crippen molar-refractivity contribution in [2.24, 2.45) is 0 Å². The van der Waals surface area contributed by atoms with Crippen LogP contribution in [0.3, 0.4) is 0 Å². The molecule has 1 fully saturated rings. The zero-order valence-electron chi connectivity index (χ0n) is 14.8. The van der Waals surface area contributed by atoms with Gasteiger partial charge in [-0.1, -0.05) is 11.6 Å². The Morgan fingerprint density at radius 3 is 2.76 bits per heavy atom. The second-order valence-electron chi connectivity index (χ2n) is 6.74. The molecule has 3 aromatic heterocycles. The van der Waals surface area contributed by atoms with Gasteiger partial charge in [0.2, 0.25) is 11.9 Å². The van der Waals surface area contributed by atoms with Gasteiger partial charge in [-0.05, 0) is 25.3 Å². The lowest BCUT2D eigenvalue weighted by molar-refractivity contribution is -0.142. The molecular formula is C17H15ClF3N7O. The van der Waals surface area contributed by atoms with Crippen LogP contribution >= 0.6 is 11.6 Å². The van der Waals surface area contributed by atoms with Crippen LogP contribution < -0.4 is 10.6 Å². The molecule has 1 aliphatic rings. The van der Waals surface area contributed by atoms with Crippen molar-refractivity contribution in [2.75, 3.05) is 11.9 Å². The van der Waals surface area contributed by atoms with E-state index in [1.807, 2.05) is 5.32 Å². The van der Waals surface area contributed by atoms with Crippen LogP contribution in [0.2, 0.25) is 5.02 Å². The number of nitrogens with zero attached hydrogens (tertiary/aromatic N) is 4. The third-order valence-corrected chi connectivity index (χ3v) is 4.96. The van der Waals surface area contributed by atoms with Gasteiger partial charge < -0.3 is 15.6 Å². The summed E-state index contributed by atoms with van der Waals surface area (Å²) in [7, 11) is 0. The third-order valence-electron chi connectivity index (χ3n) is 4.75. The first-order valence-corrected chi connectivity index (χ1v) is 9.09. The predicted molar refractivity (Wildman–Crippen MR) is 99.2 cm³/mol. The van der Waals surface area contributed by atoms with Gasteiger partial charge in [0.1, 0.15) is 24.1 Å². The number of carbonyl (C=O) groups excluding carboxylic acids is 1. The average molecular weight is 426 g/mol. The quantitative estimate of drug-likeness (QED) is 0.579. The Balaban J connectivity index is 1.58. The highest BCUT2D eigenvalue weighted by molar-refractivity contribution is 6.31. The molecule has 0 bridgehead atoms. The van der Waals surface area contributed by atoms with Gasteiger partial charge >= 0.3 is 6.18 Å². The molecule has 8 nitrogen and oxygen atoms in total. The highest BCUT2D eigenvalue weighted by Gasteiger charge is 2.45. The molecule has 4 rings (SSSR count). The number of hydrogen-bond acceptors (Lipinski definition) is 6. The summed E-state index contributed by atoms with van der Waals surface area (Å²) in [5.74, 6) is -0.324. The zero-order valence-corrected chi connectivity index (χ0v) is 15.6. The summed E-state index contributed by atoms with van der Waals surface area (Å²) < 4.78 is 37.3. The molecule has 3 aromatic rings. The molecule has 0 spiro atoms. The molecule has 1 amide bonds. The van der Waals surface area contributed by atoms with Crippen LogP contribution in [-0.4, -0.2) is 49.1 Å². The Hall–Kier alpha value is -2.95. The van der Waals surface area contributed by atoms with E-state index in [0.29, 0.717) is 46.7 Å².